The standard InChI is InChI=1S/C8H13N3/c1-4-7(2)10-8-5-9-11(3)6-8/h4-7,10H,1H2,2-3H3. The van der Waals surface area contributed by atoms with Crippen LogP contribution >= 0.6 is 0 Å². The lowest BCUT2D eigenvalue weighted by atomic mass is 10.3. The highest BCUT2D eigenvalue weighted by Gasteiger charge is 1.97. The maximum atomic E-state index is 4.02. The molecule has 1 atom stereocenters. The van der Waals surface area contributed by atoms with Gasteiger partial charge in [0.25, 0.3) is 0 Å². The van der Waals surface area contributed by atoms with Gasteiger partial charge in [-0.1, -0.05) is 6.08 Å². The Morgan fingerprint density at radius 2 is 2.55 bits per heavy atom. The molecule has 1 aromatic heterocycles. The molecule has 1 aromatic rings. The number of aryl methyl sites for hydroxylation is 1. The summed E-state index contributed by atoms with van der Waals surface area (Å²) in [6, 6.07) is 0.291. The highest BCUT2D eigenvalue weighted by Crippen LogP contribution is 2.05. The van der Waals surface area contributed by atoms with Crippen LogP contribution in [-0.4, -0.2) is 15.8 Å². The van der Waals surface area contributed by atoms with Gasteiger partial charge in [-0.2, -0.15) is 5.10 Å². The Bertz CT molecular complexity index is 239. The number of aromatic nitrogens is 2. The van der Waals surface area contributed by atoms with Crippen LogP contribution < -0.4 is 5.32 Å². The van der Waals surface area contributed by atoms with Crippen molar-refractivity contribution in [2.75, 3.05) is 5.32 Å². The Kier molecular flexibility index (Phi) is 2.31. The second-order valence-corrected chi connectivity index (χ2v) is 2.57. The van der Waals surface area contributed by atoms with Crippen molar-refractivity contribution in [3.8, 4) is 0 Å². The molecule has 60 valence electrons. The normalized spacial score (nSPS) is 12.5. The predicted molar refractivity (Wildman–Crippen MR) is 46.5 cm³/mol. The monoisotopic (exact) mass is 151 g/mol. The van der Waals surface area contributed by atoms with Gasteiger partial charge in [-0.3, -0.25) is 4.68 Å². The van der Waals surface area contributed by atoms with E-state index < -0.39 is 0 Å². The van der Waals surface area contributed by atoms with Gasteiger partial charge in [0, 0.05) is 19.3 Å². The van der Waals surface area contributed by atoms with E-state index in [2.05, 4.69) is 17.0 Å². The van der Waals surface area contributed by atoms with Crippen LogP contribution in [0.15, 0.2) is 25.0 Å². The molecule has 0 fully saturated rings. The molecule has 0 bridgehead atoms. The van der Waals surface area contributed by atoms with Crippen molar-refractivity contribution in [2.24, 2.45) is 7.05 Å². The zero-order chi connectivity index (χ0) is 8.27. The molecule has 0 saturated heterocycles. The van der Waals surface area contributed by atoms with Crippen molar-refractivity contribution in [1.82, 2.24) is 9.78 Å². The lowest BCUT2D eigenvalue weighted by molar-refractivity contribution is 0.767. The van der Waals surface area contributed by atoms with Crippen LogP contribution in [0.2, 0.25) is 0 Å². The molecule has 0 aromatic carbocycles. The summed E-state index contributed by atoms with van der Waals surface area (Å²) in [5.41, 5.74) is 1.03. The molecule has 0 aliphatic rings. The number of nitrogens with zero attached hydrogens (tertiary/aromatic N) is 2. The van der Waals surface area contributed by atoms with Gasteiger partial charge in [0.05, 0.1) is 11.9 Å². The molecule has 0 aliphatic heterocycles. The van der Waals surface area contributed by atoms with Gasteiger partial charge in [0.2, 0.25) is 0 Å². The molecular formula is C8H13N3. The van der Waals surface area contributed by atoms with E-state index in [1.54, 1.807) is 10.9 Å². The van der Waals surface area contributed by atoms with E-state index >= 15 is 0 Å². The van der Waals surface area contributed by atoms with Crippen LogP contribution in [0.1, 0.15) is 6.92 Å². The fourth-order valence-electron chi connectivity index (χ4n) is 0.818. The molecule has 1 N–H and O–H groups in total. The molecule has 1 unspecified atom stereocenters. The summed E-state index contributed by atoms with van der Waals surface area (Å²) in [5.74, 6) is 0. The highest BCUT2D eigenvalue weighted by atomic mass is 15.3. The fourth-order valence-corrected chi connectivity index (χ4v) is 0.818. The van der Waals surface area contributed by atoms with Crippen molar-refractivity contribution >= 4 is 5.69 Å². The molecular weight excluding hydrogens is 138 g/mol. The lowest BCUT2D eigenvalue weighted by Crippen LogP contribution is -2.10. The largest absolute Gasteiger partial charge is 0.377 e. The number of nitrogens with one attached hydrogen (secondary N) is 1. The second-order valence-electron chi connectivity index (χ2n) is 2.57. The van der Waals surface area contributed by atoms with E-state index in [4.69, 9.17) is 0 Å². The molecule has 0 radical (unpaired) electrons. The maximum Gasteiger partial charge on any atom is 0.0730 e. The maximum absolute atomic E-state index is 4.02. The summed E-state index contributed by atoms with van der Waals surface area (Å²) < 4.78 is 1.76. The van der Waals surface area contributed by atoms with Gasteiger partial charge in [-0.25, -0.2) is 0 Å². The third-order valence-electron chi connectivity index (χ3n) is 1.45. The minimum atomic E-state index is 0.291. The minimum Gasteiger partial charge on any atom is -0.377 e. The Morgan fingerprint density at radius 3 is 3.00 bits per heavy atom. The lowest BCUT2D eigenvalue weighted by Gasteiger charge is -2.06. The van der Waals surface area contributed by atoms with Crippen molar-refractivity contribution in [1.29, 1.82) is 0 Å². The highest BCUT2D eigenvalue weighted by molar-refractivity contribution is 5.39. The average Bonchev–Trinajstić information content (AvgIpc) is 2.35. The first kappa shape index (κ1) is 7.85. The Morgan fingerprint density at radius 1 is 1.82 bits per heavy atom. The first-order valence-corrected chi connectivity index (χ1v) is 3.60. The van der Waals surface area contributed by atoms with Crippen molar-refractivity contribution in [2.45, 2.75) is 13.0 Å². The van der Waals surface area contributed by atoms with Crippen molar-refractivity contribution in [3.05, 3.63) is 25.0 Å². The van der Waals surface area contributed by atoms with Crippen LogP contribution in [0.4, 0.5) is 5.69 Å². The van der Waals surface area contributed by atoms with E-state index in [0.29, 0.717) is 6.04 Å². The number of hydrogen-bond acceptors (Lipinski definition) is 2. The van der Waals surface area contributed by atoms with E-state index in [1.807, 2.05) is 26.2 Å². The first-order chi connectivity index (χ1) is 5.22. The number of rotatable bonds is 3. The first-order valence-electron chi connectivity index (χ1n) is 3.60. The molecule has 0 saturated carbocycles. The molecule has 3 nitrogen and oxygen atoms in total. The van der Waals surface area contributed by atoms with Crippen molar-refractivity contribution in [3.63, 3.8) is 0 Å². The smallest absolute Gasteiger partial charge is 0.0730 e. The zero-order valence-corrected chi connectivity index (χ0v) is 6.91. The average molecular weight is 151 g/mol. The van der Waals surface area contributed by atoms with Crippen LogP contribution in [-0.2, 0) is 7.05 Å². The van der Waals surface area contributed by atoms with E-state index in [0.717, 1.165) is 5.69 Å². The topological polar surface area (TPSA) is 29.9 Å². The third-order valence-corrected chi connectivity index (χ3v) is 1.45. The van der Waals surface area contributed by atoms with Gasteiger partial charge in [-0.05, 0) is 6.92 Å². The van der Waals surface area contributed by atoms with E-state index in [1.165, 1.54) is 0 Å². The van der Waals surface area contributed by atoms with Crippen molar-refractivity contribution < 1.29 is 0 Å². The summed E-state index contributed by atoms with van der Waals surface area (Å²) in [7, 11) is 1.89. The van der Waals surface area contributed by atoms with Gasteiger partial charge >= 0.3 is 0 Å². The second kappa shape index (κ2) is 3.23. The molecule has 1 rings (SSSR count). The molecule has 0 spiro atoms. The Labute approximate surface area is 66.7 Å². The fraction of sp³-hybridized carbons (Fsp3) is 0.375. The van der Waals surface area contributed by atoms with Crippen LogP contribution in [0.3, 0.4) is 0 Å². The summed E-state index contributed by atoms with van der Waals surface area (Å²) in [6.07, 6.45) is 5.58. The SMILES string of the molecule is C=CC(C)Nc1cnn(C)c1. The Hall–Kier alpha value is -1.25. The van der Waals surface area contributed by atoms with Crippen LogP contribution in [0.5, 0.6) is 0 Å². The summed E-state index contributed by atoms with van der Waals surface area (Å²) in [6.45, 7) is 5.72. The third kappa shape index (κ3) is 2.11. The quantitative estimate of drug-likeness (QED) is 0.662. The van der Waals surface area contributed by atoms with Gasteiger partial charge in [0.1, 0.15) is 0 Å². The Balaban J connectivity index is 2.57. The van der Waals surface area contributed by atoms with E-state index in [9.17, 15) is 0 Å². The predicted octanol–water partition coefficient (Wildman–Crippen LogP) is 1.41. The summed E-state index contributed by atoms with van der Waals surface area (Å²) in [4.78, 5) is 0. The van der Waals surface area contributed by atoms with Gasteiger partial charge in [0.15, 0.2) is 0 Å². The molecule has 0 amide bonds. The van der Waals surface area contributed by atoms with E-state index in [-0.39, 0.29) is 0 Å². The van der Waals surface area contributed by atoms with Gasteiger partial charge < -0.3 is 5.32 Å². The zero-order valence-electron chi connectivity index (χ0n) is 6.91. The summed E-state index contributed by atoms with van der Waals surface area (Å²) >= 11 is 0. The molecule has 0 aliphatic carbocycles. The van der Waals surface area contributed by atoms with Gasteiger partial charge in [-0.15, -0.1) is 6.58 Å². The van der Waals surface area contributed by atoms with Crippen LogP contribution in [0, 0.1) is 0 Å². The number of anilines is 1. The molecule has 11 heavy (non-hydrogen) atoms. The summed E-state index contributed by atoms with van der Waals surface area (Å²) in [5, 5.41) is 7.23. The minimum absolute atomic E-state index is 0.291. The molecule has 1 heterocycles. The number of hydrogen-bond donors (Lipinski definition) is 1. The molecule has 3 heteroatoms. The van der Waals surface area contributed by atoms with Crippen LogP contribution in [0.25, 0.3) is 0 Å².